The number of imide groups is 1. The number of rotatable bonds is 2. The Bertz CT molecular complexity index is 1060. The average Bonchev–Trinajstić information content (AvgIpc) is 3.07. The van der Waals surface area contributed by atoms with Crippen molar-refractivity contribution in [1.29, 1.82) is 0 Å². The van der Waals surface area contributed by atoms with Gasteiger partial charge in [0.1, 0.15) is 11.5 Å². The van der Waals surface area contributed by atoms with E-state index < -0.39 is 0 Å². The molecule has 0 bridgehead atoms. The second kappa shape index (κ2) is 5.56. The van der Waals surface area contributed by atoms with Crippen LogP contribution in [0.4, 0.5) is 0 Å². The van der Waals surface area contributed by atoms with E-state index in [1.807, 2.05) is 6.92 Å². The van der Waals surface area contributed by atoms with Crippen molar-refractivity contribution in [2.45, 2.75) is 13.8 Å². The minimum absolute atomic E-state index is 0.0421. The number of benzene rings is 2. The van der Waals surface area contributed by atoms with Crippen LogP contribution >= 0.6 is 0 Å². The summed E-state index contributed by atoms with van der Waals surface area (Å²) in [5.74, 6) is -0.0833. The minimum Gasteiger partial charge on any atom is -0.507 e. The highest BCUT2D eigenvalue weighted by atomic mass is 16.5. The summed E-state index contributed by atoms with van der Waals surface area (Å²) in [6.45, 7) is 3.61. The Kier molecular flexibility index (Phi) is 3.44. The highest BCUT2D eigenvalue weighted by molar-refractivity contribution is 6.24. The Morgan fingerprint density at radius 3 is 2.31 bits per heavy atom. The van der Waals surface area contributed by atoms with E-state index in [4.69, 9.17) is 4.52 Å². The van der Waals surface area contributed by atoms with Crippen LogP contribution in [0.2, 0.25) is 0 Å². The Balaban J connectivity index is 2.08. The molecule has 0 radical (unpaired) electrons. The summed E-state index contributed by atoms with van der Waals surface area (Å²) in [5.41, 5.74) is 3.81. The number of aryl methyl sites for hydroxylation is 2. The van der Waals surface area contributed by atoms with E-state index in [0.717, 1.165) is 16.0 Å². The first-order valence-electron chi connectivity index (χ1n) is 8.12. The van der Waals surface area contributed by atoms with Crippen LogP contribution in [0.15, 0.2) is 40.9 Å². The van der Waals surface area contributed by atoms with Gasteiger partial charge in [-0.15, -0.1) is 0 Å². The van der Waals surface area contributed by atoms with Crippen LogP contribution < -0.4 is 0 Å². The highest BCUT2D eigenvalue weighted by Gasteiger charge is 2.36. The van der Waals surface area contributed by atoms with Crippen LogP contribution in [0, 0.1) is 13.8 Å². The third-order valence-corrected chi connectivity index (χ3v) is 4.71. The van der Waals surface area contributed by atoms with Crippen molar-refractivity contribution in [3.05, 3.63) is 59.0 Å². The fourth-order valence-electron chi connectivity index (χ4n) is 3.44. The Morgan fingerprint density at radius 1 is 0.962 bits per heavy atom. The molecule has 3 aromatic rings. The van der Waals surface area contributed by atoms with Gasteiger partial charge in [0.15, 0.2) is 0 Å². The van der Waals surface area contributed by atoms with Crippen molar-refractivity contribution in [2.75, 3.05) is 7.05 Å². The lowest BCUT2D eigenvalue weighted by Crippen LogP contribution is -2.24. The predicted molar refractivity (Wildman–Crippen MR) is 94.9 cm³/mol. The maximum Gasteiger partial charge on any atom is 0.261 e. The maximum atomic E-state index is 12.6. The van der Waals surface area contributed by atoms with Gasteiger partial charge in [-0.3, -0.25) is 14.5 Å². The van der Waals surface area contributed by atoms with Crippen molar-refractivity contribution in [2.24, 2.45) is 0 Å². The third kappa shape index (κ3) is 2.15. The molecule has 0 fully saturated rings. The monoisotopic (exact) mass is 348 g/mol. The zero-order chi connectivity index (χ0) is 18.6. The van der Waals surface area contributed by atoms with Gasteiger partial charge in [0, 0.05) is 18.2 Å². The number of carbonyl (C=O) groups is 2. The van der Waals surface area contributed by atoms with Crippen molar-refractivity contribution in [1.82, 2.24) is 10.1 Å². The molecule has 0 spiro atoms. The van der Waals surface area contributed by atoms with Gasteiger partial charge < -0.3 is 9.63 Å². The topological polar surface area (TPSA) is 83.6 Å². The van der Waals surface area contributed by atoms with E-state index in [2.05, 4.69) is 5.16 Å². The lowest BCUT2D eigenvalue weighted by molar-refractivity contribution is 0.0693. The molecule has 2 heterocycles. The van der Waals surface area contributed by atoms with E-state index >= 15 is 0 Å². The molecule has 1 aromatic heterocycles. The van der Waals surface area contributed by atoms with E-state index in [1.165, 1.54) is 7.05 Å². The van der Waals surface area contributed by atoms with E-state index in [1.54, 1.807) is 43.3 Å². The van der Waals surface area contributed by atoms with Crippen molar-refractivity contribution < 1.29 is 19.2 Å². The molecular formula is C20H16N2O4. The largest absolute Gasteiger partial charge is 0.507 e. The van der Waals surface area contributed by atoms with Gasteiger partial charge in [0.05, 0.1) is 16.8 Å². The molecule has 6 heteroatoms. The van der Waals surface area contributed by atoms with E-state index in [9.17, 15) is 14.7 Å². The zero-order valence-electron chi connectivity index (χ0n) is 14.5. The van der Waals surface area contributed by atoms with Gasteiger partial charge in [0.25, 0.3) is 11.8 Å². The Morgan fingerprint density at radius 2 is 1.65 bits per heavy atom. The summed E-state index contributed by atoms with van der Waals surface area (Å²) < 4.78 is 5.25. The number of hydrogen-bond acceptors (Lipinski definition) is 5. The molecule has 2 amide bonds. The van der Waals surface area contributed by atoms with Crippen LogP contribution in [0.5, 0.6) is 5.75 Å². The summed E-state index contributed by atoms with van der Waals surface area (Å²) in [4.78, 5) is 26.3. The highest BCUT2D eigenvalue weighted by Crippen LogP contribution is 2.40. The van der Waals surface area contributed by atoms with Crippen LogP contribution in [-0.2, 0) is 0 Å². The molecule has 1 aliphatic heterocycles. The zero-order valence-corrected chi connectivity index (χ0v) is 14.5. The maximum absolute atomic E-state index is 12.6. The van der Waals surface area contributed by atoms with Gasteiger partial charge in [0.2, 0.25) is 0 Å². The van der Waals surface area contributed by atoms with Gasteiger partial charge in [-0.05, 0) is 43.2 Å². The number of nitrogens with zero attached hydrogens (tertiary/aromatic N) is 2. The lowest BCUT2D eigenvalue weighted by atomic mass is 9.90. The lowest BCUT2D eigenvalue weighted by Gasteiger charge is -2.11. The number of carbonyl (C=O) groups excluding carboxylic acids is 2. The number of phenolic OH excluding ortho intramolecular Hbond substituents is 1. The molecule has 0 aliphatic carbocycles. The van der Waals surface area contributed by atoms with E-state index in [-0.39, 0.29) is 17.6 Å². The second-order valence-corrected chi connectivity index (χ2v) is 6.33. The number of fused-ring (bicyclic) bond motifs is 1. The van der Waals surface area contributed by atoms with Gasteiger partial charge in [-0.1, -0.05) is 23.4 Å². The van der Waals surface area contributed by atoms with E-state index in [0.29, 0.717) is 33.7 Å². The standard InChI is InChI=1S/C20H16N2O4/c1-10-17(11(2)26-21-10)12-8-14(13-6-4-5-7-16(13)23)18-15(9-12)19(24)22(3)20(18)25/h4-9,23H,1-3H3. The molecule has 0 atom stereocenters. The first-order valence-corrected chi connectivity index (χ1v) is 8.12. The van der Waals surface area contributed by atoms with Gasteiger partial charge in [-0.2, -0.15) is 0 Å². The Hall–Kier alpha value is -3.41. The molecular weight excluding hydrogens is 332 g/mol. The number of para-hydroxylation sites is 1. The first-order chi connectivity index (χ1) is 12.4. The predicted octanol–water partition coefficient (Wildman–Crippen LogP) is 3.56. The summed E-state index contributed by atoms with van der Waals surface area (Å²) in [6.07, 6.45) is 0. The molecule has 26 heavy (non-hydrogen) atoms. The molecule has 130 valence electrons. The molecule has 2 aromatic carbocycles. The van der Waals surface area contributed by atoms with Crippen molar-refractivity contribution >= 4 is 11.8 Å². The number of amides is 2. The number of phenols is 1. The number of aromatic nitrogens is 1. The third-order valence-electron chi connectivity index (χ3n) is 4.71. The molecule has 0 saturated heterocycles. The Labute approximate surface area is 149 Å². The number of aromatic hydroxyl groups is 1. The molecule has 1 N–H and O–H groups in total. The second-order valence-electron chi connectivity index (χ2n) is 6.33. The van der Waals surface area contributed by atoms with Gasteiger partial charge >= 0.3 is 0 Å². The summed E-state index contributed by atoms with van der Waals surface area (Å²) in [7, 11) is 1.45. The van der Waals surface area contributed by atoms with Crippen molar-refractivity contribution in [3.8, 4) is 28.0 Å². The van der Waals surface area contributed by atoms with Crippen LogP contribution in [0.3, 0.4) is 0 Å². The molecule has 1 aliphatic rings. The molecule has 4 rings (SSSR count). The summed E-state index contributed by atoms with van der Waals surface area (Å²) in [5, 5.41) is 14.3. The van der Waals surface area contributed by atoms with Crippen LogP contribution in [-0.4, -0.2) is 34.0 Å². The minimum atomic E-state index is -0.381. The average molecular weight is 348 g/mol. The van der Waals surface area contributed by atoms with Crippen LogP contribution in [0.1, 0.15) is 32.2 Å². The summed E-state index contributed by atoms with van der Waals surface area (Å²) in [6, 6.07) is 10.2. The van der Waals surface area contributed by atoms with Crippen molar-refractivity contribution in [3.63, 3.8) is 0 Å². The molecule has 6 nitrogen and oxygen atoms in total. The number of hydrogen-bond donors (Lipinski definition) is 1. The van der Waals surface area contributed by atoms with Crippen LogP contribution in [0.25, 0.3) is 22.3 Å². The van der Waals surface area contributed by atoms with Gasteiger partial charge in [-0.25, -0.2) is 0 Å². The molecule has 0 saturated carbocycles. The normalized spacial score (nSPS) is 13.4. The fraction of sp³-hybridized carbons (Fsp3) is 0.150. The first kappa shape index (κ1) is 16.1. The molecule has 0 unspecified atom stereocenters. The smallest absolute Gasteiger partial charge is 0.261 e. The summed E-state index contributed by atoms with van der Waals surface area (Å²) >= 11 is 0. The SMILES string of the molecule is Cc1noc(C)c1-c1cc2c(c(-c3ccccc3O)c1)C(=O)N(C)C2=O. The quantitative estimate of drug-likeness (QED) is 0.716. The fourth-order valence-corrected chi connectivity index (χ4v) is 3.44.